The van der Waals surface area contributed by atoms with E-state index in [0.29, 0.717) is 21.5 Å². The van der Waals surface area contributed by atoms with Crippen molar-refractivity contribution in [1.29, 1.82) is 0 Å². The molecule has 0 saturated carbocycles. The van der Waals surface area contributed by atoms with E-state index in [1.54, 1.807) is 30.3 Å². The first-order valence-corrected chi connectivity index (χ1v) is 8.31. The number of ether oxygens (including phenoxy) is 1. The minimum Gasteiger partial charge on any atom is -0.456 e. The molecule has 4 nitrogen and oxygen atoms in total. The van der Waals surface area contributed by atoms with Crippen LogP contribution in [0.3, 0.4) is 0 Å². The highest BCUT2D eigenvalue weighted by atomic mass is 79.9. The molecule has 104 valence electrons. The van der Waals surface area contributed by atoms with Crippen molar-refractivity contribution >= 4 is 32.1 Å². The zero-order valence-corrected chi connectivity index (χ0v) is 12.9. The number of hydrogen-bond donors (Lipinski definition) is 0. The molecule has 2 aromatic rings. The molecule has 2 rings (SSSR count). The lowest BCUT2D eigenvalue weighted by Crippen LogP contribution is -1.96. The summed E-state index contributed by atoms with van der Waals surface area (Å²) in [4.78, 5) is 10.9. The smallest absolute Gasteiger partial charge is 0.175 e. The average molecular weight is 355 g/mol. The summed E-state index contributed by atoms with van der Waals surface area (Å²) in [6.45, 7) is 0. The van der Waals surface area contributed by atoms with Gasteiger partial charge in [0.05, 0.1) is 9.37 Å². The van der Waals surface area contributed by atoms with Gasteiger partial charge in [0.25, 0.3) is 0 Å². The summed E-state index contributed by atoms with van der Waals surface area (Å²) < 4.78 is 29.0. The van der Waals surface area contributed by atoms with E-state index in [1.807, 2.05) is 0 Å². The molecule has 0 unspecified atom stereocenters. The molecule has 0 spiro atoms. The highest BCUT2D eigenvalue weighted by molar-refractivity contribution is 9.10. The quantitative estimate of drug-likeness (QED) is 0.788. The van der Waals surface area contributed by atoms with Crippen LogP contribution in [0.15, 0.2) is 51.8 Å². The van der Waals surface area contributed by atoms with E-state index in [1.165, 1.54) is 12.1 Å². The molecular formula is C14H11BrO4S. The molecule has 0 atom stereocenters. The number of carbonyl (C=O) groups excluding carboxylic acids is 1. The van der Waals surface area contributed by atoms with Crippen molar-refractivity contribution in [2.75, 3.05) is 6.26 Å². The molecule has 0 radical (unpaired) electrons. The van der Waals surface area contributed by atoms with Gasteiger partial charge in [-0.3, -0.25) is 4.79 Å². The topological polar surface area (TPSA) is 60.4 Å². The fourth-order valence-corrected chi connectivity index (χ4v) is 2.66. The van der Waals surface area contributed by atoms with Crippen molar-refractivity contribution in [2.45, 2.75) is 4.90 Å². The Morgan fingerprint density at radius 2 is 1.75 bits per heavy atom. The fourth-order valence-electron chi connectivity index (χ4n) is 1.56. The van der Waals surface area contributed by atoms with Gasteiger partial charge >= 0.3 is 0 Å². The van der Waals surface area contributed by atoms with Gasteiger partial charge in [0, 0.05) is 11.8 Å². The van der Waals surface area contributed by atoms with E-state index in [2.05, 4.69) is 15.9 Å². The van der Waals surface area contributed by atoms with Gasteiger partial charge in [0.15, 0.2) is 9.84 Å². The van der Waals surface area contributed by atoms with E-state index in [4.69, 9.17) is 4.74 Å². The van der Waals surface area contributed by atoms with Gasteiger partial charge in [-0.25, -0.2) is 8.42 Å². The molecule has 0 heterocycles. The standard InChI is InChI=1S/C14H11BrO4S/c1-20(17,18)12-5-3-11(4-6-12)19-14-7-2-10(9-16)8-13(14)15/h2-9H,1H3. The van der Waals surface area contributed by atoms with Gasteiger partial charge in [-0.2, -0.15) is 0 Å². The lowest BCUT2D eigenvalue weighted by molar-refractivity contribution is 0.112. The molecule has 0 saturated heterocycles. The minimum atomic E-state index is -3.21. The number of sulfone groups is 1. The van der Waals surface area contributed by atoms with Crippen LogP contribution in [0.4, 0.5) is 0 Å². The summed E-state index contributed by atoms with van der Waals surface area (Å²) in [5.41, 5.74) is 0.539. The van der Waals surface area contributed by atoms with Crippen molar-refractivity contribution in [3.8, 4) is 11.5 Å². The molecule has 2 aromatic carbocycles. The molecule has 0 bridgehead atoms. The lowest BCUT2D eigenvalue weighted by atomic mass is 10.2. The molecule has 0 aromatic heterocycles. The summed E-state index contributed by atoms with van der Waals surface area (Å²) in [5, 5.41) is 0. The summed E-state index contributed by atoms with van der Waals surface area (Å²) in [7, 11) is -3.21. The molecule has 20 heavy (non-hydrogen) atoms. The zero-order valence-electron chi connectivity index (χ0n) is 10.5. The van der Waals surface area contributed by atoms with Crippen molar-refractivity contribution < 1.29 is 17.9 Å². The number of rotatable bonds is 4. The van der Waals surface area contributed by atoms with Crippen molar-refractivity contribution in [3.05, 3.63) is 52.5 Å². The first-order chi connectivity index (χ1) is 9.40. The highest BCUT2D eigenvalue weighted by Gasteiger charge is 2.08. The van der Waals surface area contributed by atoms with Crippen LogP contribution in [0.1, 0.15) is 10.4 Å². The molecule has 0 aliphatic rings. The summed E-state index contributed by atoms with van der Waals surface area (Å²) >= 11 is 3.31. The van der Waals surface area contributed by atoms with E-state index < -0.39 is 9.84 Å². The van der Waals surface area contributed by atoms with Crippen LogP contribution < -0.4 is 4.74 Å². The second-order valence-corrected chi connectivity index (χ2v) is 7.02. The van der Waals surface area contributed by atoms with Crippen LogP contribution in [0.2, 0.25) is 0 Å². The summed E-state index contributed by atoms with van der Waals surface area (Å²) in [6, 6.07) is 11.1. The first-order valence-electron chi connectivity index (χ1n) is 5.63. The molecule has 0 N–H and O–H groups in total. The zero-order chi connectivity index (χ0) is 14.8. The minimum absolute atomic E-state index is 0.236. The van der Waals surface area contributed by atoms with Gasteiger partial charge in [0.1, 0.15) is 17.8 Å². The maximum absolute atomic E-state index is 11.3. The third kappa shape index (κ3) is 3.46. The van der Waals surface area contributed by atoms with E-state index >= 15 is 0 Å². The number of aldehydes is 1. The van der Waals surface area contributed by atoms with Crippen LogP contribution in [0, 0.1) is 0 Å². The Morgan fingerprint density at radius 1 is 1.10 bits per heavy atom. The lowest BCUT2D eigenvalue weighted by Gasteiger charge is -2.08. The second kappa shape index (κ2) is 5.76. The number of hydrogen-bond acceptors (Lipinski definition) is 4. The first kappa shape index (κ1) is 14.7. The molecule has 0 amide bonds. The Hall–Kier alpha value is -1.66. The summed E-state index contributed by atoms with van der Waals surface area (Å²) in [5.74, 6) is 1.06. The second-order valence-electron chi connectivity index (χ2n) is 4.15. The fraction of sp³-hybridized carbons (Fsp3) is 0.0714. The highest BCUT2D eigenvalue weighted by Crippen LogP contribution is 2.30. The Morgan fingerprint density at radius 3 is 2.25 bits per heavy atom. The molecule has 6 heteroatoms. The number of carbonyl (C=O) groups is 1. The monoisotopic (exact) mass is 354 g/mol. The Kier molecular flexibility index (Phi) is 4.25. The van der Waals surface area contributed by atoms with Crippen molar-refractivity contribution in [1.82, 2.24) is 0 Å². The normalized spacial score (nSPS) is 11.1. The SMILES string of the molecule is CS(=O)(=O)c1ccc(Oc2ccc(C=O)cc2Br)cc1. The van der Waals surface area contributed by atoms with Gasteiger partial charge in [-0.05, 0) is 58.4 Å². The Labute approximate surface area is 125 Å². The Bertz CT molecular complexity index is 736. The molecule has 0 fully saturated rings. The summed E-state index contributed by atoms with van der Waals surface area (Å²) in [6.07, 6.45) is 1.90. The van der Waals surface area contributed by atoms with Crippen LogP contribution in [0.5, 0.6) is 11.5 Å². The van der Waals surface area contributed by atoms with E-state index in [0.717, 1.165) is 12.5 Å². The van der Waals surface area contributed by atoms with Crippen LogP contribution in [0.25, 0.3) is 0 Å². The Balaban J connectivity index is 2.24. The van der Waals surface area contributed by atoms with E-state index in [-0.39, 0.29) is 4.90 Å². The van der Waals surface area contributed by atoms with Crippen molar-refractivity contribution in [3.63, 3.8) is 0 Å². The van der Waals surface area contributed by atoms with Gasteiger partial charge < -0.3 is 4.74 Å². The predicted octanol–water partition coefficient (Wildman–Crippen LogP) is 3.46. The largest absolute Gasteiger partial charge is 0.456 e. The predicted molar refractivity (Wildman–Crippen MR) is 79.2 cm³/mol. The van der Waals surface area contributed by atoms with E-state index in [9.17, 15) is 13.2 Å². The third-order valence-electron chi connectivity index (χ3n) is 2.57. The molecule has 0 aliphatic heterocycles. The molecule has 0 aliphatic carbocycles. The van der Waals surface area contributed by atoms with Crippen LogP contribution in [-0.2, 0) is 9.84 Å². The third-order valence-corrected chi connectivity index (χ3v) is 4.32. The average Bonchev–Trinajstić information content (AvgIpc) is 2.40. The molecular weight excluding hydrogens is 344 g/mol. The van der Waals surface area contributed by atoms with Gasteiger partial charge in [-0.1, -0.05) is 0 Å². The maximum atomic E-state index is 11.3. The van der Waals surface area contributed by atoms with Crippen LogP contribution >= 0.6 is 15.9 Å². The van der Waals surface area contributed by atoms with Gasteiger partial charge in [0.2, 0.25) is 0 Å². The number of benzene rings is 2. The van der Waals surface area contributed by atoms with Crippen LogP contribution in [-0.4, -0.2) is 21.0 Å². The number of halogens is 1. The van der Waals surface area contributed by atoms with Crippen molar-refractivity contribution in [2.24, 2.45) is 0 Å². The maximum Gasteiger partial charge on any atom is 0.175 e. The van der Waals surface area contributed by atoms with Gasteiger partial charge in [-0.15, -0.1) is 0 Å².